The fraction of sp³-hybridized carbons (Fsp3) is 0.700. The highest BCUT2D eigenvalue weighted by Crippen LogP contribution is 2.26. The zero-order chi connectivity index (χ0) is 25.2. The van der Waals surface area contributed by atoms with Crippen molar-refractivity contribution in [2.45, 2.75) is 134 Å². The molecule has 0 unspecified atom stereocenters. The molecule has 0 heterocycles. The molecule has 3 saturated carbocycles. The van der Waals surface area contributed by atoms with Gasteiger partial charge in [0.2, 0.25) is 0 Å². The van der Waals surface area contributed by atoms with Gasteiger partial charge in [0.15, 0.2) is 0 Å². The molecule has 6 heteroatoms. The second kappa shape index (κ2) is 13.8. The number of hydrogen-bond donors (Lipinski definition) is 0. The van der Waals surface area contributed by atoms with Gasteiger partial charge in [-0.1, -0.05) is 38.5 Å². The summed E-state index contributed by atoms with van der Waals surface area (Å²) in [6, 6.07) is 4.58. The van der Waals surface area contributed by atoms with Crippen LogP contribution < -0.4 is 0 Å². The predicted octanol–water partition coefficient (Wildman–Crippen LogP) is 7.33. The van der Waals surface area contributed by atoms with Crippen LogP contribution >= 0.6 is 0 Å². The van der Waals surface area contributed by atoms with Crippen LogP contribution in [0.15, 0.2) is 18.2 Å². The van der Waals surface area contributed by atoms with E-state index in [1.807, 2.05) is 0 Å². The first kappa shape index (κ1) is 26.7. The highest BCUT2D eigenvalue weighted by molar-refractivity contribution is 6.05. The minimum Gasteiger partial charge on any atom is -0.459 e. The molecule has 3 aliphatic rings. The van der Waals surface area contributed by atoms with Crippen molar-refractivity contribution in [3.05, 3.63) is 34.9 Å². The van der Waals surface area contributed by atoms with Gasteiger partial charge in [0.1, 0.15) is 18.3 Å². The Morgan fingerprint density at radius 1 is 0.472 bits per heavy atom. The van der Waals surface area contributed by atoms with Gasteiger partial charge in [-0.2, -0.15) is 0 Å². The molecule has 0 bridgehead atoms. The topological polar surface area (TPSA) is 78.9 Å². The van der Waals surface area contributed by atoms with E-state index in [0.29, 0.717) is 0 Å². The third-order valence-electron chi connectivity index (χ3n) is 7.92. The Kier molecular flexibility index (Phi) is 10.2. The molecule has 1 aromatic rings. The monoisotopic (exact) mass is 498 g/mol. The van der Waals surface area contributed by atoms with E-state index in [4.69, 9.17) is 14.2 Å². The molecule has 0 spiro atoms. The average molecular weight is 499 g/mol. The molecule has 1 aromatic carbocycles. The summed E-state index contributed by atoms with van der Waals surface area (Å²) in [5.74, 6) is -1.52. The van der Waals surface area contributed by atoms with Gasteiger partial charge < -0.3 is 14.2 Å². The summed E-state index contributed by atoms with van der Waals surface area (Å²) in [5, 5.41) is 0. The normalized spacial score (nSPS) is 21.0. The van der Waals surface area contributed by atoms with E-state index in [1.54, 1.807) is 6.07 Å². The number of benzene rings is 1. The Morgan fingerprint density at radius 2 is 0.833 bits per heavy atom. The molecular weight excluding hydrogens is 456 g/mol. The standard InChI is InChI=1S/C30H42O6/c31-28(34-23-13-7-1-2-8-14-23)22-19-20-26(29(32)35-24-15-9-3-4-10-16-24)27(21-22)30(33)36-25-17-11-5-6-12-18-25/h19-21,23-25H,1-18H2. The maximum Gasteiger partial charge on any atom is 0.339 e. The van der Waals surface area contributed by atoms with E-state index in [9.17, 15) is 14.4 Å². The third-order valence-corrected chi connectivity index (χ3v) is 7.92. The lowest BCUT2D eigenvalue weighted by atomic mass is 10.0. The van der Waals surface area contributed by atoms with E-state index < -0.39 is 17.9 Å². The highest BCUT2D eigenvalue weighted by Gasteiger charge is 2.27. The second-order valence-corrected chi connectivity index (χ2v) is 10.8. The third kappa shape index (κ3) is 7.81. The van der Waals surface area contributed by atoms with Crippen LogP contribution in [-0.2, 0) is 14.2 Å². The molecule has 0 aromatic heterocycles. The molecule has 4 rings (SSSR count). The van der Waals surface area contributed by atoms with Crippen molar-refractivity contribution >= 4 is 17.9 Å². The quantitative estimate of drug-likeness (QED) is 0.232. The van der Waals surface area contributed by atoms with Crippen LogP contribution in [0, 0.1) is 0 Å². The maximum atomic E-state index is 13.3. The number of rotatable bonds is 6. The van der Waals surface area contributed by atoms with Gasteiger partial charge in [0.25, 0.3) is 0 Å². The zero-order valence-corrected chi connectivity index (χ0v) is 21.6. The van der Waals surface area contributed by atoms with E-state index >= 15 is 0 Å². The number of esters is 3. The summed E-state index contributed by atoms with van der Waals surface area (Å²) in [5.41, 5.74) is 0.551. The van der Waals surface area contributed by atoms with Gasteiger partial charge in [0, 0.05) is 0 Å². The summed E-state index contributed by atoms with van der Waals surface area (Å²) in [4.78, 5) is 39.5. The SMILES string of the molecule is O=C(OC1CCCCCC1)c1ccc(C(=O)OC2CCCCCC2)c(C(=O)OC2CCCCCC2)c1. The van der Waals surface area contributed by atoms with Crippen LogP contribution in [0.1, 0.15) is 147 Å². The molecule has 3 fully saturated rings. The first-order chi connectivity index (χ1) is 17.6. The van der Waals surface area contributed by atoms with Gasteiger partial charge in [-0.25, -0.2) is 14.4 Å². The Morgan fingerprint density at radius 3 is 1.25 bits per heavy atom. The van der Waals surface area contributed by atoms with Crippen molar-refractivity contribution in [1.82, 2.24) is 0 Å². The Bertz CT molecular complexity index is 869. The van der Waals surface area contributed by atoms with Crippen molar-refractivity contribution in [3.63, 3.8) is 0 Å². The average Bonchev–Trinajstić information content (AvgIpc) is 3.40. The largest absolute Gasteiger partial charge is 0.459 e. The summed E-state index contributed by atoms with van der Waals surface area (Å²) in [6.45, 7) is 0. The molecule has 0 atom stereocenters. The van der Waals surface area contributed by atoms with E-state index in [0.717, 1.165) is 103 Å². The number of carbonyl (C=O) groups excluding carboxylic acids is 3. The molecule has 6 nitrogen and oxygen atoms in total. The van der Waals surface area contributed by atoms with Gasteiger partial charge in [-0.15, -0.1) is 0 Å². The number of carbonyl (C=O) groups is 3. The van der Waals surface area contributed by atoms with Crippen LogP contribution in [0.2, 0.25) is 0 Å². The lowest BCUT2D eigenvalue weighted by Gasteiger charge is -2.20. The summed E-state index contributed by atoms with van der Waals surface area (Å²) < 4.78 is 17.5. The van der Waals surface area contributed by atoms with Crippen LogP contribution in [0.5, 0.6) is 0 Å². The van der Waals surface area contributed by atoms with E-state index in [2.05, 4.69) is 0 Å². The molecule has 198 valence electrons. The molecular formula is C30H42O6. The van der Waals surface area contributed by atoms with E-state index in [-0.39, 0.29) is 35.0 Å². The maximum absolute atomic E-state index is 13.3. The van der Waals surface area contributed by atoms with Crippen LogP contribution in [-0.4, -0.2) is 36.2 Å². The fourth-order valence-electron chi connectivity index (χ4n) is 5.75. The Hall–Kier alpha value is -2.37. The van der Waals surface area contributed by atoms with Crippen LogP contribution in [0.4, 0.5) is 0 Å². The summed E-state index contributed by atoms with van der Waals surface area (Å²) >= 11 is 0. The van der Waals surface area contributed by atoms with Crippen molar-refractivity contribution in [2.24, 2.45) is 0 Å². The Balaban J connectivity index is 1.52. The van der Waals surface area contributed by atoms with E-state index in [1.165, 1.54) is 25.0 Å². The van der Waals surface area contributed by atoms with Gasteiger partial charge >= 0.3 is 17.9 Å². The number of ether oxygens (including phenoxy) is 3. The predicted molar refractivity (Wildman–Crippen MR) is 137 cm³/mol. The summed E-state index contributed by atoms with van der Waals surface area (Å²) in [7, 11) is 0. The van der Waals surface area contributed by atoms with Crippen molar-refractivity contribution in [3.8, 4) is 0 Å². The molecule has 0 amide bonds. The smallest absolute Gasteiger partial charge is 0.339 e. The minimum atomic E-state index is -0.557. The number of hydrogen-bond acceptors (Lipinski definition) is 6. The zero-order valence-electron chi connectivity index (χ0n) is 21.6. The highest BCUT2D eigenvalue weighted by atomic mass is 16.6. The second-order valence-electron chi connectivity index (χ2n) is 10.8. The minimum absolute atomic E-state index is 0.0960. The fourth-order valence-corrected chi connectivity index (χ4v) is 5.75. The molecule has 3 aliphatic carbocycles. The Labute approximate surface area is 215 Å². The molecule has 0 saturated heterocycles. The lowest BCUT2D eigenvalue weighted by Crippen LogP contribution is -2.24. The lowest BCUT2D eigenvalue weighted by molar-refractivity contribution is 0.0216. The summed E-state index contributed by atoms with van der Waals surface area (Å²) in [6.07, 6.45) is 17.9. The first-order valence-electron chi connectivity index (χ1n) is 14.4. The van der Waals surface area contributed by atoms with Crippen molar-refractivity contribution < 1.29 is 28.6 Å². The van der Waals surface area contributed by atoms with Gasteiger partial charge in [-0.05, 0) is 95.2 Å². The van der Waals surface area contributed by atoms with Crippen molar-refractivity contribution in [1.29, 1.82) is 0 Å². The van der Waals surface area contributed by atoms with Crippen molar-refractivity contribution in [2.75, 3.05) is 0 Å². The molecule has 0 aliphatic heterocycles. The molecule has 0 N–H and O–H groups in total. The van der Waals surface area contributed by atoms with Gasteiger partial charge in [0.05, 0.1) is 16.7 Å². The molecule has 36 heavy (non-hydrogen) atoms. The van der Waals surface area contributed by atoms with Crippen LogP contribution in [0.25, 0.3) is 0 Å². The first-order valence-corrected chi connectivity index (χ1v) is 14.4. The van der Waals surface area contributed by atoms with Crippen LogP contribution in [0.3, 0.4) is 0 Å². The molecule has 0 radical (unpaired) electrons. The van der Waals surface area contributed by atoms with Gasteiger partial charge in [-0.3, -0.25) is 0 Å².